The summed E-state index contributed by atoms with van der Waals surface area (Å²) in [6, 6.07) is 0. The van der Waals surface area contributed by atoms with E-state index in [4.69, 9.17) is 0 Å². The third kappa shape index (κ3) is 11.6. The summed E-state index contributed by atoms with van der Waals surface area (Å²) in [4.78, 5) is 19.7. The Morgan fingerprint density at radius 1 is 1.33 bits per heavy atom. The molecule has 0 aromatic carbocycles. The average Bonchev–Trinajstić information content (AvgIpc) is 1.61. The van der Waals surface area contributed by atoms with E-state index in [2.05, 4.69) is 0 Å². The number of rotatable bonds is 3. The zero-order chi connectivity index (χ0) is 6.57. The van der Waals surface area contributed by atoms with Crippen LogP contribution in [0.25, 0.3) is 0 Å². The van der Waals surface area contributed by atoms with E-state index in [1.54, 1.807) is 0 Å². The topological polar surface area (TPSA) is 57.2 Å². The first-order valence-corrected chi connectivity index (χ1v) is 2.32. The molecule has 4 heteroatoms. The van der Waals surface area contributed by atoms with Crippen molar-refractivity contribution in [3.8, 4) is 0 Å². The average molecular weight is 138 g/mol. The van der Waals surface area contributed by atoms with Gasteiger partial charge in [0.15, 0.2) is 0 Å². The number of carboxylic acids is 1. The minimum Gasteiger partial charge on any atom is -0.550 e. The molecule has 0 saturated carbocycles. The molecule has 3 nitrogen and oxygen atoms in total. The van der Waals surface area contributed by atoms with Gasteiger partial charge in [0.05, 0.1) is 0 Å². The van der Waals surface area contributed by atoms with Crippen molar-refractivity contribution in [2.75, 3.05) is 0 Å². The second-order valence-electron chi connectivity index (χ2n) is 1.57. The Balaban J connectivity index is 0. The van der Waals surface area contributed by atoms with E-state index >= 15 is 0 Å². The summed E-state index contributed by atoms with van der Waals surface area (Å²) in [7, 11) is 0. The number of hydrogen-bond donors (Lipinski definition) is 0. The summed E-state index contributed by atoms with van der Waals surface area (Å²) >= 11 is 0. The molecule has 0 fully saturated rings. The van der Waals surface area contributed by atoms with Gasteiger partial charge in [-0.2, -0.15) is 0 Å². The van der Waals surface area contributed by atoms with Gasteiger partial charge in [-0.1, -0.05) is 0 Å². The first-order chi connectivity index (χ1) is 3.63. The van der Waals surface area contributed by atoms with Crippen LogP contribution in [0.15, 0.2) is 0 Å². The van der Waals surface area contributed by atoms with Crippen LogP contribution < -0.4 is 34.7 Å². The standard InChI is InChI=1S/C5H8O3.Na/c1-4(6)2-3-5(7)8;/h2-3H2,1H3,(H,7,8);/q;+1/p-1. The van der Waals surface area contributed by atoms with E-state index in [1.165, 1.54) is 6.92 Å². The number of ketones is 1. The van der Waals surface area contributed by atoms with E-state index in [-0.39, 0.29) is 48.2 Å². The second-order valence-corrected chi connectivity index (χ2v) is 1.57. The van der Waals surface area contributed by atoms with Crippen molar-refractivity contribution >= 4 is 11.8 Å². The summed E-state index contributed by atoms with van der Waals surface area (Å²) in [5, 5.41) is 9.64. The monoisotopic (exact) mass is 138 g/mol. The molecule has 9 heavy (non-hydrogen) atoms. The smallest absolute Gasteiger partial charge is 0.550 e. The van der Waals surface area contributed by atoms with Gasteiger partial charge in [-0.3, -0.25) is 0 Å². The molecule has 0 aliphatic heterocycles. The van der Waals surface area contributed by atoms with E-state index in [0.29, 0.717) is 0 Å². The molecule has 0 bridgehead atoms. The van der Waals surface area contributed by atoms with Crippen LogP contribution in [-0.2, 0) is 9.59 Å². The Morgan fingerprint density at radius 2 is 1.78 bits per heavy atom. The van der Waals surface area contributed by atoms with Gasteiger partial charge in [0, 0.05) is 12.4 Å². The van der Waals surface area contributed by atoms with Gasteiger partial charge in [0.2, 0.25) is 0 Å². The van der Waals surface area contributed by atoms with Crippen molar-refractivity contribution < 1.29 is 44.3 Å². The van der Waals surface area contributed by atoms with Gasteiger partial charge in [-0.25, -0.2) is 0 Å². The van der Waals surface area contributed by atoms with E-state index < -0.39 is 5.97 Å². The fourth-order valence-corrected chi connectivity index (χ4v) is 0.278. The van der Waals surface area contributed by atoms with Crippen molar-refractivity contribution in [3.63, 3.8) is 0 Å². The molecule has 0 aliphatic carbocycles. The summed E-state index contributed by atoms with van der Waals surface area (Å²) in [5.74, 6) is -1.28. The maximum atomic E-state index is 10.1. The molecule has 0 unspecified atom stereocenters. The molecule has 0 heterocycles. The molecule has 0 amide bonds. The van der Waals surface area contributed by atoms with E-state index in [1.807, 2.05) is 0 Å². The zero-order valence-corrected chi connectivity index (χ0v) is 7.64. The van der Waals surface area contributed by atoms with Crippen LogP contribution in [0.4, 0.5) is 0 Å². The zero-order valence-electron chi connectivity index (χ0n) is 5.64. The van der Waals surface area contributed by atoms with Crippen molar-refractivity contribution in [3.05, 3.63) is 0 Å². The third-order valence-electron chi connectivity index (χ3n) is 0.681. The summed E-state index contributed by atoms with van der Waals surface area (Å²) < 4.78 is 0. The van der Waals surface area contributed by atoms with Gasteiger partial charge < -0.3 is 14.7 Å². The Morgan fingerprint density at radius 3 is 1.89 bits per heavy atom. The molecule has 0 saturated heterocycles. The van der Waals surface area contributed by atoms with Crippen molar-refractivity contribution in [2.24, 2.45) is 0 Å². The van der Waals surface area contributed by atoms with Crippen LogP contribution in [0.3, 0.4) is 0 Å². The second kappa shape index (κ2) is 6.26. The van der Waals surface area contributed by atoms with Crippen LogP contribution in [0.2, 0.25) is 0 Å². The largest absolute Gasteiger partial charge is 1.00 e. The van der Waals surface area contributed by atoms with Gasteiger partial charge in [-0.15, -0.1) is 0 Å². The van der Waals surface area contributed by atoms with E-state index in [9.17, 15) is 14.7 Å². The molecule has 0 rings (SSSR count). The number of carbonyl (C=O) groups is 2. The van der Waals surface area contributed by atoms with Gasteiger partial charge in [-0.05, 0) is 13.3 Å². The molecule has 0 aromatic rings. The van der Waals surface area contributed by atoms with Crippen molar-refractivity contribution in [2.45, 2.75) is 19.8 Å². The molecule has 0 N–H and O–H groups in total. The fraction of sp³-hybridized carbons (Fsp3) is 0.600. The molecule has 0 aliphatic rings. The van der Waals surface area contributed by atoms with Gasteiger partial charge >= 0.3 is 29.6 Å². The Bertz CT molecular complexity index is 96.8. The van der Waals surface area contributed by atoms with Crippen molar-refractivity contribution in [1.29, 1.82) is 0 Å². The Hall–Kier alpha value is 0.140. The maximum absolute atomic E-state index is 10.1. The molecule has 0 radical (unpaired) electrons. The van der Waals surface area contributed by atoms with Crippen LogP contribution in [0.1, 0.15) is 19.8 Å². The quantitative estimate of drug-likeness (QED) is 0.375. The van der Waals surface area contributed by atoms with Crippen LogP contribution in [0.5, 0.6) is 0 Å². The minimum atomic E-state index is -1.17. The van der Waals surface area contributed by atoms with E-state index in [0.717, 1.165) is 0 Å². The SMILES string of the molecule is CC(=O)CCC(=O)[O-].[Na+]. The normalized spacial score (nSPS) is 7.67. The van der Waals surface area contributed by atoms with Gasteiger partial charge in [0.25, 0.3) is 0 Å². The number of Topliss-reactive ketones (excluding diaryl/α,β-unsaturated/α-hetero) is 1. The number of carbonyl (C=O) groups excluding carboxylic acids is 2. The van der Waals surface area contributed by atoms with Crippen LogP contribution in [0, 0.1) is 0 Å². The Kier molecular flexibility index (Phi) is 8.27. The van der Waals surface area contributed by atoms with Gasteiger partial charge in [0.1, 0.15) is 5.78 Å². The molecular formula is C5H7NaO3. The molecule has 46 valence electrons. The molecule has 0 aromatic heterocycles. The number of hydrogen-bond acceptors (Lipinski definition) is 3. The summed E-state index contributed by atoms with van der Waals surface area (Å²) in [6.07, 6.45) is -0.0718. The number of carboxylic acid groups (broad SMARTS) is 1. The van der Waals surface area contributed by atoms with Crippen molar-refractivity contribution in [1.82, 2.24) is 0 Å². The predicted octanol–water partition coefficient (Wildman–Crippen LogP) is -3.89. The predicted molar refractivity (Wildman–Crippen MR) is 24.9 cm³/mol. The first kappa shape index (κ1) is 11.9. The molecular weight excluding hydrogens is 131 g/mol. The third-order valence-corrected chi connectivity index (χ3v) is 0.681. The molecule has 0 spiro atoms. The summed E-state index contributed by atoms with van der Waals surface area (Å²) in [6.45, 7) is 1.35. The molecule has 0 atom stereocenters. The van der Waals surface area contributed by atoms with Crippen LogP contribution >= 0.6 is 0 Å². The summed E-state index contributed by atoms with van der Waals surface area (Å²) in [5.41, 5.74) is 0. The fourth-order valence-electron chi connectivity index (χ4n) is 0.278. The maximum Gasteiger partial charge on any atom is 1.00 e. The Labute approximate surface area is 75.7 Å². The number of aliphatic carboxylic acids is 1. The van der Waals surface area contributed by atoms with Crippen LogP contribution in [-0.4, -0.2) is 11.8 Å². The first-order valence-electron chi connectivity index (χ1n) is 2.32. The minimum absolute atomic E-state index is 0.